The molecule has 0 saturated heterocycles. The molecule has 1 aromatic heterocycles. The van der Waals surface area contributed by atoms with E-state index in [9.17, 15) is 18.5 Å². The first-order valence-electron chi connectivity index (χ1n) is 6.44. The van der Waals surface area contributed by atoms with Crippen LogP contribution in [-0.4, -0.2) is 44.2 Å². The van der Waals surface area contributed by atoms with Gasteiger partial charge in [-0.25, -0.2) is 18.1 Å². The SMILES string of the molecule is CCCNc1ccc([N+](=O)[O-])c(NCCS(=O)(=O)NC)n1. The average molecular weight is 317 g/mol. The first-order valence-corrected chi connectivity index (χ1v) is 8.09. The summed E-state index contributed by atoms with van der Waals surface area (Å²) in [5, 5.41) is 16.6. The predicted octanol–water partition coefficient (Wildman–Crippen LogP) is 0.773. The van der Waals surface area contributed by atoms with E-state index in [-0.39, 0.29) is 23.8 Å². The highest BCUT2D eigenvalue weighted by molar-refractivity contribution is 7.89. The fourth-order valence-corrected chi connectivity index (χ4v) is 2.06. The number of rotatable bonds is 9. The van der Waals surface area contributed by atoms with Gasteiger partial charge in [-0.1, -0.05) is 6.92 Å². The lowest BCUT2D eigenvalue weighted by Crippen LogP contribution is -2.26. The van der Waals surface area contributed by atoms with Gasteiger partial charge in [0.1, 0.15) is 5.82 Å². The number of hydrogen-bond donors (Lipinski definition) is 3. The standard InChI is InChI=1S/C11H19N5O4S/c1-3-6-13-10-5-4-9(16(17)18)11(15-10)14-7-8-21(19,20)12-2/h4-5,12H,3,6-8H2,1-2H3,(H2,13,14,15). The molecule has 1 aromatic rings. The molecule has 0 bridgehead atoms. The molecule has 0 unspecified atom stereocenters. The van der Waals surface area contributed by atoms with Crippen LogP contribution in [0.3, 0.4) is 0 Å². The summed E-state index contributed by atoms with van der Waals surface area (Å²) in [7, 11) is -2.06. The fourth-order valence-electron chi connectivity index (χ4n) is 1.49. The van der Waals surface area contributed by atoms with Crippen LogP contribution < -0.4 is 15.4 Å². The van der Waals surface area contributed by atoms with Crippen molar-refractivity contribution in [2.24, 2.45) is 0 Å². The molecule has 1 rings (SSSR count). The summed E-state index contributed by atoms with van der Waals surface area (Å²) in [5.74, 6) is 0.350. The van der Waals surface area contributed by atoms with Crippen LogP contribution in [0, 0.1) is 10.1 Å². The molecule has 0 aliphatic heterocycles. The molecule has 0 aromatic carbocycles. The van der Waals surface area contributed by atoms with Crippen LogP contribution in [0.2, 0.25) is 0 Å². The van der Waals surface area contributed by atoms with Crippen LogP contribution in [-0.2, 0) is 10.0 Å². The van der Waals surface area contributed by atoms with E-state index in [0.29, 0.717) is 12.4 Å². The van der Waals surface area contributed by atoms with Crippen molar-refractivity contribution in [2.75, 3.05) is 36.5 Å². The molecule has 1 heterocycles. The Hall–Kier alpha value is -1.94. The molecule has 10 heteroatoms. The van der Waals surface area contributed by atoms with Crippen molar-refractivity contribution >= 4 is 27.3 Å². The summed E-state index contributed by atoms with van der Waals surface area (Å²) in [6, 6.07) is 2.85. The Bertz CT molecular complexity index is 590. The first kappa shape index (κ1) is 17.1. The topological polar surface area (TPSA) is 126 Å². The highest BCUT2D eigenvalue weighted by Gasteiger charge is 2.16. The molecule has 0 fully saturated rings. The molecule has 21 heavy (non-hydrogen) atoms. The largest absolute Gasteiger partial charge is 0.370 e. The van der Waals surface area contributed by atoms with Crippen molar-refractivity contribution < 1.29 is 13.3 Å². The highest BCUT2D eigenvalue weighted by Crippen LogP contribution is 2.23. The van der Waals surface area contributed by atoms with E-state index in [4.69, 9.17) is 0 Å². The minimum atomic E-state index is -3.37. The van der Waals surface area contributed by atoms with Gasteiger partial charge in [0.2, 0.25) is 15.8 Å². The summed E-state index contributed by atoms with van der Waals surface area (Å²) >= 11 is 0. The van der Waals surface area contributed by atoms with Crippen LogP contribution in [0.5, 0.6) is 0 Å². The van der Waals surface area contributed by atoms with E-state index in [2.05, 4.69) is 20.3 Å². The molecule has 3 N–H and O–H groups in total. The smallest absolute Gasteiger partial charge is 0.311 e. The number of anilines is 2. The van der Waals surface area contributed by atoms with Crippen molar-refractivity contribution in [1.82, 2.24) is 9.71 Å². The van der Waals surface area contributed by atoms with E-state index < -0.39 is 14.9 Å². The van der Waals surface area contributed by atoms with Gasteiger partial charge in [0.15, 0.2) is 0 Å². The Balaban J connectivity index is 2.83. The van der Waals surface area contributed by atoms with E-state index in [1.807, 2.05) is 6.92 Å². The zero-order valence-electron chi connectivity index (χ0n) is 11.9. The van der Waals surface area contributed by atoms with Crippen molar-refractivity contribution in [3.05, 3.63) is 22.2 Å². The van der Waals surface area contributed by atoms with Crippen molar-refractivity contribution in [2.45, 2.75) is 13.3 Å². The molecule has 0 spiro atoms. The van der Waals surface area contributed by atoms with Gasteiger partial charge in [-0.15, -0.1) is 0 Å². The van der Waals surface area contributed by atoms with E-state index in [0.717, 1.165) is 6.42 Å². The lowest BCUT2D eigenvalue weighted by atomic mass is 10.3. The van der Waals surface area contributed by atoms with E-state index in [1.165, 1.54) is 19.2 Å². The van der Waals surface area contributed by atoms with Gasteiger partial charge < -0.3 is 10.6 Å². The zero-order valence-corrected chi connectivity index (χ0v) is 12.7. The van der Waals surface area contributed by atoms with Crippen LogP contribution in [0.15, 0.2) is 12.1 Å². The second kappa shape index (κ2) is 7.74. The van der Waals surface area contributed by atoms with E-state index >= 15 is 0 Å². The monoisotopic (exact) mass is 317 g/mol. The Labute approximate surface area is 123 Å². The van der Waals surface area contributed by atoms with Crippen LogP contribution in [0.25, 0.3) is 0 Å². The minimum absolute atomic E-state index is 0.0221. The maximum Gasteiger partial charge on any atom is 0.311 e. The molecule has 0 amide bonds. The van der Waals surface area contributed by atoms with Crippen molar-refractivity contribution in [1.29, 1.82) is 0 Å². The van der Waals surface area contributed by atoms with Gasteiger partial charge in [-0.2, -0.15) is 0 Å². The number of nitrogens with zero attached hydrogens (tertiary/aromatic N) is 2. The van der Waals surface area contributed by atoms with Gasteiger partial charge in [0.25, 0.3) is 0 Å². The molecule has 0 radical (unpaired) electrons. The quantitative estimate of drug-likeness (QED) is 0.453. The summed E-state index contributed by atoms with van der Waals surface area (Å²) in [6.07, 6.45) is 0.891. The Morgan fingerprint density at radius 1 is 1.29 bits per heavy atom. The zero-order chi connectivity index (χ0) is 15.9. The normalized spacial score (nSPS) is 11.1. The predicted molar refractivity (Wildman–Crippen MR) is 81.0 cm³/mol. The second-order valence-corrected chi connectivity index (χ2v) is 6.24. The molecular formula is C11H19N5O4S. The van der Waals surface area contributed by atoms with Gasteiger partial charge in [0.05, 0.1) is 10.7 Å². The first-order chi connectivity index (χ1) is 9.89. The summed E-state index contributed by atoms with van der Waals surface area (Å²) in [4.78, 5) is 14.5. The highest BCUT2D eigenvalue weighted by atomic mass is 32.2. The fraction of sp³-hybridized carbons (Fsp3) is 0.545. The minimum Gasteiger partial charge on any atom is -0.370 e. The second-order valence-electron chi connectivity index (χ2n) is 4.20. The molecule has 0 atom stereocenters. The molecule has 0 aliphatic carbocycles. The van der Waals surface area contributed by atoms with Gasteiger partial charge in [-0.3, -0.25) is 10.1 Å². The number of sulfonamides is 1. The van der Waals surface area contributed by atoms with Crippen molar-refractivity contribution in [3.63, 3.8) is 0 Å². The van der Waals surface area contributed by atoms with Crippen LogP contribution in [0.4, 0.5) is 17.3 Å². The third-order valence-electron chi connectivity index (χ3n) is 2.60. The molecular weight excluding hydrogens is 298 g/mol. The number of pyridine rings is 1. The lowest BCUT2D eigenvalue weighted by molar-refractivity contribution is -0.384. The van der Waals surface area contributed by atoms with Crippen LogP contribution >= 0.6 is 0 Å². The maximum absolute atomic E-state index is 11.3. The molecule has 9 nitrogen and oxygen atoms in total. The average Bonchev–Trinajstić information content (AvgIpc) is 2.44. The molecule has 0 saturated carbocycles. The number of aromatic nitrogens is 1. The number of nitro groups is 1. The van der Waals surface area contributed by atoms with Gasteiger partial charge in [0, 0.05) is 19.2 Å². The third kappa shape index (κ3) is 5.52. The van der Waals surface area contributed by atoms with E-state index in [1.54, 1.807) is 0 Å². The van der Waals surface area contributed by atoms with Crippen LogP contribution in [0.1, 0.15) is 13.3 Å². The Morgan fingerprint density at radius 2 is 2.00 bits per heavy atom. The van der Waals surface area contributed by atoms with Gasteiger partial charge in [-0.05, 0) is 19.5 Å². The number of hydrogen-bond acceptors (Lipinski definition) is 7. The summed E-state index contributed by atoms with van der Waals surface area (Å²) in [5.41, 5.74) is -0.195. The lowest BCUT2D eigenvalue weighted by Gasteiger charge is -2.09. The molecule has 118 valence electrons. The Kier molecular flexibility index (Phi) is 6.31. The summed E-state index contributed by atoms with van der Waals surface area (Å²) in [6.45, 7) is 2.70. The summed E-state index contributed by atoms with van der Waals surface area (Å²) < 4.78 is 24.8. The number of nitrogens with one attached hydrogen (secondary N) is 3. The third-order valence-corrected chi connectivity index (χ3v) is 3.96. The van der Waals surface area contributed by atoms with Gasteiger partial charge >= 0.3 is 5.69 Å². The van der Waals surface area contributed by atoms with Crippen molar-refractivity contribution in [3.8, 4) is 0 Å². The maximum atomic E-state index is 11.3. The Morgan fingerprint density at radius 3 is 2.57 bits per heavy atom. The molecule has 0 aliphatic rings.